The second-order valence-corrected chi connectivity index (χ2v) is 7.94. The summed E-state index contributed by atoms with van der Waals surface area (Å²) in [7, 11) is 0. The lowest BCUT2D eigenvalue weighted by Gasteiger charge is -2.11. The van der Waals surface area contributed by atoms with Gasteiger partial charge in [-0.15, -0.1) is 0 Å². The SMILES string of the molecule is CCCC/C=[N]/[Al]([CH2]C(C)C)[CH2]C(C)C. The Morgan fingerprint density at radius 3 is 2.00 bits per heavy atom. The van der Waals surface area contributed by atoms with Crippen LogP contribution in [0, 0.1) is 11.8 Å². The Kier molecular flexibility index (Phi) is 9.56. The zero-order valence-electron chi connectivity index (χ0n) is 11.3. The summed E-state index contributed by atoms with van der Waals surface area (Å²) in [6, 6.07) is 0. The maximum Gasteiger partial charge on any atom is 0.435 e. The summed E-state index contributed by atoms with van der Waals surface area (Å²) in [6.07, 6.45) is 5.99. The molecule has 0 fully saturated rings. The molecule has 0 aromatic carbocycles. The van der Waals surface area contributed by atoms with E-state index in [0.717, 1.165) is 11.8 Å². The van der Waals surface area contributed by atoms with E-state index in [9.17, 15) is 0 Å². The first-order chi connectivity index (χ1) is 7.06. The Bertz CT molecular complexity index is 154. The zero-order chi connectivity index (χ0) is 11.7. The number of rotatable bonds is 8. The number of hydrogen-bond acceptors (Lipinski definition) is 1. The highest BCUT2D eigenvalue weighted by Gasteiger charge is 2.19. The lowest BCUT2D eigenvalue weighted by Crippen LogP contribution is -2.15. The highest BCUT2D eigenvalue weighted by Crippen LogP contribution is 2.15. The molecule has 0 aliphatic heterocycles. The van der Waals surface area contributed by atoms with Crippen molar-refractivity contribution in [3.63, 3.8) is 0 Å². The van der Waals surface area contributed by atoms with Gasteiger partial charge in [0.1, 0.15) is 0 Å². The summed E-state index contributed by atoms with van der Waals surface area (Å²) in [4.78, 5) is 0. The Morgan fingerprint density at radius 2 is 1.60 bits per heavy atom. The number of nitrogens with zero attached hydrogens (tertiary/aromatic N) is 1. The van der Waals surface area contributed by atoms with Crippen LogP contribution in [0.25, 0.3) is 0 Å². The van der Waals surface area contributed by atoms with Crippen LogP contribution in [0.2, 0.25) is 10.6 Å². The van der Waals surface area contributed by atoms with Gasteiger partial charge in [0.25, 0.3) is 0 Å². The largest absolute Gasteiger partial charge is 0.435 e. The molecular formula is C13H28AlN. The van der Waals surface area contributed by atoms with E-state index in [-0.39, 0.29) is 0 Å². The van der Waals surface area contributed by atoms with E-state index in [0.29, 0.717) is 0 Å². The fourth-order valence-electron chi connectivity index (χ4n) is 1.83. The summed E-state index contributed by atoms with van der Waals surface area (Å²) < 4.78 is 4.86. The molecule has 0 rings (SSSR count). The van der Waals surface area contributed by atoms with Crippen LogP contribution in [-0.2, 0) is 0 Å². The molecule has 0 spiro atoms. The molecule has 0 unspecified atom stereocenters. The van der Waals surface area contributed by atoms with E-state index in [1.165, 1.54) is 29.8 Å². The van der Waals surface area contributed by atoms with Crippen LogP contribution in [0.4, 0.5) is 0 Å². The van der Waals surface area contributed by atoms with E-state index in [4.69, 9.17) is 3.98 Å². The highest BCUT2D eigenvalue weighted by molar-refractivity contribution is 6.58. The summed E-state index contributed by atoms with van der Waals surface area (Å²) in [5.41, 5.74) is 0. The fourth-order valence-corrected chi connectivity index (χ4v) is 4.88. The minimum Gasteiger partial charge on any atom is -0.409 e. The topological polar surface area (TPSA) is 12.4 Å². The molecular weight excluding hydrogens is 197 g/mol. The Morgan fingerprint density at radius 1 is 1.07 bits per heavy atom. The van der Waals surface area contributed by atoms with E-state index >= 15 is 0 Å². The van der Waals surface area contributed by atoms with Gasteiger partial charge in [-0.25, -0.2) is 0 Å². The van der Waals surface area contributed by atoms with Crippen LogP contribution in [0.1, 0.15) is 53.9 Å². The third-order valence-electron chi connectivity index (χ3n) is 2.49. The maximum atomic E-state index is 4.86. The molecule has 88 valence electrons. The van der Waals surface area contributed by atoms with Crippen LogP contribution >= 0.6 is 0 Å². The molecule has 0 saturated heterocycles. The summed E-state index contributed by atoms with van der Waals surface area (Å²) in [5, 5.41) is 2.75. The molecule has 0 aromatic rings. The quantitative estimate of drug-likeness (QED) is 0.326. The molecule has 0 aliphatic carbocycles. The van der Waals surface area contributed by atoms with E-state index in [1.54, 1.807) is 0 Å². The standard InChI is InChI=1S/C5H10N.2C4H9.Al/c1-2-3-4-5-6;2*1-4(2)3;/h5H,2-4H2,1H3;2*4H,1H2,2-3H3;/q-1;;;+1. The van der Waals surface area contributed by atoms with Gasteiger partial charge in [0, 0.05) is 0 Å². The van der Waals surface area contributed by atoms with E-state index in [2.05, 4.69) is 40.8 Å². The minimum atomic E-state index is -0.823. The second kappa shape index (κ2) is 9.43. The van der Waals surface area contributed by atoms with Crippen LogP contribution < -0.4 is 0 Å². The van der Waals surface area contributed by atoms with Crippen LogP contribution in [0.3, 0.4) is 0 Å². The molecule has 0 amide bonds. The monoisotopic (exact) mass is 225 g/mol. The van der Waals surface area contributed by atoms with Gasteiger partial charge in [0.2, 0.25) is 0 Å². The van der Waals surface area contributed by atoms with Crippen LogP contribution in [0.15, 0.2) is 3.98 Å². The predicted molar refractivity (Wildman–Crippen MR) is 73.1 cm³/mol. The van der Waals surface area contributed by atoms with Crippen LogP contribution in [0.5, 0.6) is 0 Å². The van der Waals surface area contributed by atoms with Gasteiger partial charge in [-0.1, -0.05) is 63.4 Å². The van der Waals surface area contributed by atoms with Crippen molar-refractivity contribution in [2.45, 2.75) is 64.4 Å². The molecule has 0 N–H and O–H groups in total. The average Bonchev–Trinajstić information content (AvgIpc) is 2.10. The van der Waals surface area contributed by atoms with Crippen molar-refractivity contribution >= 4 is 20.6 Å². The molecule has 0 bridgehead atoms. The third kappa shape index (κ3) is 10.5. The first-order valence-corrected chi connectivity index (χ1v) is 8.72. The molecule has 0 aromatic heterocycles. The van der Waals surface area contributed by atoms with Crippen LogP contribution in [-0.4, -0.2) is 20.6 Å². The molecule has 0 aliphatic rings. The zero-order valence-corrected chi connectivity index (χ0v) is 12.4. The predicted octanol–water partition coefficient (Wildman–Crippen LogP) is 4.55. The second-order valence-electron chi connectivity index (χ2n) is 5.39. The maximum absolute atomic E-state index is 4.86. The molecule has 0 saturated carbocycles. The summed E-state index contributed by atoms with van der Waals surface area (Å²) in [5.74, 6) is 1.65. The van der Waals surface area contributed by atoms with Crippen molar-refractivity contribution in [3.05, 3.63) is 0 Å². The van der Waals surface area contributed by atoms with Gasteiger partial charge in [-0.05, 0) is 19.1 Å². The minimum absolute atomic E-state index is 0.823. The van der Waals surface area contributed by atoms with Crippen molar-refractivity contribution in [2.75, 3.05) is 0 Å². The van der Waals surface area contributed by atoms with E-state index < -0.39 is 14.4 Å². The highest BCUT2D eigenvalue weighted by atomic mass is 27.2. The van der Waals surface area contributed by atoms with Gasteiger partial charge in [0.15, 0.2) is 0 Å². The van der Waals surface area contributed by atoms with Crippen molar-refractivity contribution in [1.82, 2.24) is 0 Å². The fraction of sp³-hybridized carbons (Fsp3) is 0.923. The molecule has 0 heterocycles. The lowest BCUT2D eigenvalue weighted by molar-refractivity contribution is 0.689. The number of unbranched alkanes of at least 4 members (excludes halogenated alkanes) is 2. The molecule has 1 nitrogen and oxygen atoms in total. The van der Waals surface area contributed by atoms with Crippen molar-refractivity contribution in [1.29, 1.82) is 0 Å². The van der Waals surface area contributed by atoms with E-state index in [1.807, 2.05) is 0 Å². The van der Waals surface area contributed by atoms with Crippen molar-refractivity contribution in [2.24, 2.45) is 15.8 Å². The molecule has 15 heavy (non-hydrogen) atoms. The van der Waals surface area contributed by atoms with Gasteiger partial charge in [0.05, 0.1) is 0 Å². The molecule has 2 heteroatoms. The smallest absolute Gasteiger partial charge is 0.409 e. The Hall–Kier alpha value is 0.202. The summed E-state index contributed by atoms with van der Waals surface area (Å²) >= 11 is -0.823. The number of hydrogen-bond donors (Lipinski definition) is 0. The Balaban J connectivity index is 3.93. The summed E-state index contributed by atoms with van der Waals surface area (Å²) in [6.45, 7) is 11.5. The Labute approximate surface area is 101 Å². The first kappa shape index (κ1) is 15.2. The van der Waals surface area contributed by atoms with Gasteiger partial charge >= 0.3 is 14.4 Å². The molecule has 0 atom stereocenters. The average molecular weight is 225 g/mol. The third-order valence-corrected chi connectivity index (χ3v) is 6.10. The lowest BCUT2D eigenvalue weighted by atomic mass is 10.3. The van der Waals surface area contributed by atoms with Crippen molar-refractivity contribution < 1.29 is 0 Å². The van der Waals surface area contributed by atoms with Gasteiger partial charge < -0.3 is 3.98 Å². The van der Waals surface area contributed by atoms with Gasteiger partial charge in [-0.3, -0.25) is 0 Å². The normalized spacial score (nSPS) is 11.9. The molecule has 0 radical (unpaired) electrons. The first-order valence-electron chi connectivity index (χ1n) is 6.57. The van der Waals surface area contributed by atoms with Crippen molar-refractivity contribution in [3.8, 4) is 0 Å². The van der Waals surface area contributed by atoms with Gasteiger partial charge in [-0.2, -0.15) is 0 Å².